The zero-order valence-electron chi connectivity index (χ0n) is 15.3. The molecule has 28 heavy (non-hydrogen) atoms. The predicted molar refractivity (Wildman–Crippen MR) is 96.8 cm³/mol. The van der Waals surface area contributed by atoms with Crippen LogP contribution in [0.5, 0.6) is 17.2 Å². The highest BCUT2D eigenvalue weighted by Gasteiger charge is 2.15. The van der Waals surface area contributed by atoms with Crippen molar-refractivity contribution in [1.29, 1.82) is 0 Å². The maximum Gasteiger partial charge on any atom is 0.387 e. The van der Waals surface area contributed by atoms with E-state index in [0.29, 0.717) is 5.75 Å². The number of ether oxygens (including phenoxy) is 3. The molecule has 0 heterocycles. The number of nitrogens with one attached hydrogen (secondary N) is 2. The molecule has 0 fully saturated rings. The van der Waals surface area contributed by atoms with Gasteiger partial charge in [-0.25, -0.2) is 0 Å². The van der Waals surface area contributed by atoms with Gasteiger partial charge in [0.1, 0.15) is 5.75 Å². The van der Waals surface area contributed by atoms with Gasteiger partial charge >= 0.3 is 6.61 Å². The van der Waals surface area contributed by atoms with Crippen molar-refractivity contribution in [2.45, 2.75) is 13.2 Å². The molecular formula is C19H20F2N2O5. The molecule has 2 aromatic carbocycles. The lowest BCUT2D eigenvalue weighted by Gasteiger charge is -2.12. The van der Waals surface area contributed by atoms with Crippen molar-refractivity contribution in [2.75, 3.05) is 20.8 Å². The zero-order valence-corrected chi connectivity index (χ0v) is 15.3. The molecule has 0 radical (unpaired) electrons. The SMILES string of the molecule is COc1ccccc1CNC(=O)CNC(=O)c1ccc(OC(F)F)c(OC)c1. The number of para-hydroxylation sites is 1. The van der Waals surface area contributed by atoms with Crippen LogP contribution >= 0.6 is 0 Å². The van der Waals surface area contributed by atoms with Crippen LogP contribution in [0, 0.1) is 0 Å². The number of alkyl halides is 2. The van der Waals surface area contributed by atoms with Crippen LogP contribution in [0.25, 0.3) is 0 Å². The van der Waals surface area contributed by atoms with E-state index >= 15 is 0 Å². The van der Waals surface area contributed by atoms with E-state index in [1.54, 1.807) is 6.07 Å². The van der Waals surface area contributed by atoms with Crippen molar-refractivity contribution < 1.29 is 32.6 Å². The first kappa shape index (κ1) is 20.9. The van der Waals surface area contributed by atoms with Crippen LogP contribution in [0.15, 0.2) is 42.5 Å². The Balaban J connectivity index is 1.90. The van der Waals surface area contributed by atoms with Crippen LogP contribution in [0.3, 0.4) is 0 Å². The number of rotatable bonds is 9. The first-order valence-electron chi connectivity index (χ1n) is 8.24. The molecule has 150 valence electrons. The monoisotopic (exact) mass is 394 g/mol. The molecule has 9 heteroatoms. The van der Waals surface area contributed by atoms with Gasteiger partial charge in [0, 0.05) is 17.7 Å². The Morgan fingerprint density at radius 3 is 2.36 bits per heavy atom. The second-order valence-corrected chi connectivity index (χ2v) is 5.52. The highest BCUT2D eigenvalue weighted by molar-refractivity contribution is 5.97. The summed E-state index contributed by atoms with van der Waals surface area (Å²) in [6.45, 7) is -3.03. The lowest BCUT2D eigenvalue weighted by Crippen LogP contribution is -2.36. The molecule has 0 bridgehead atoms. The number of carbonyl (C=O) groups excluding carboxylic acids is 2. The molecule has 0 unspecified atom stereocenters. The summed E-state index contributed by atoms with van der Waals surface area (Å²) in [5.41, 5.74) is 0.931. The van der Waals surface area contributed by atoms with Crippen molar-refractivity contribution in [3.05, 3.63) is 53.6 Å². The molecule has 0 atom stereocenters. The number of amides is 2. The lowest BCUT2D eigenvalue weighted by molar-refractivity contribution is -0.120. The van der Waals surface area contributed by atoms with Gasteiger partial charge < -0.3 is 24.8 Å². The van der Waals surface area contributed by atoms with Crippen molar-refractivity contribution in [3.63, 3.8) is 0 Å². The number of carbonyl (C=O) groups is 2. The number of hydrogen-bond acceptors (Lipinski definition) is 5. The smallest absolute Gasteiger partial charge is 0.387 e. The largest absolute Gasteiger partial charge is 0.496 e. The Bertz CT molecular complexity index is 830. The molecule has 0 aliphatic heterocycles. The molecule has 0 spiro atoms. The predicted octanol–water partition coefficient (Wildman–Crippen LogP) is 2.35. The minimum atomic E-state index is -3.01. The maximum atomic E-state index is 12.3. The van der Waals surface area contributed by atoms with Crippen LogP contribution in [-0.4, -0.2) is 39.2 Å². The van der Waals surface area contributed by atoms with Crippen LogP contribution in [-0.2, 0) is 11.3 Å². The fraction of sp³-hybridized carbons (Fsp3) is 0.263. The van der Waals surface area contributed by atoms with Gasteiger partial charge in [0.25, 0.3) is 5.91 Å². The van der Waals surface area contributed by atoms with E-state index in [4.69, 9.17) is 9.47 Å². The fourth-order valence-corrected chi connectivity index (χ4v) is 2.37. The number of methoxy groups -OCH3 is 2. The molecular weight excluding hydrogens is 374 g/mol. The van der Waals surface area contributed by atoms with Gasteiger partial charge in [-0.1, -0.05) is 18.2 Å². The Kier molecular flexibility index (Phi) is 7.55. The summed E-state index contributed by atoms with van der Waals surface area (Å²) in [6.07, 6.45) is 0. The summed E-state index contributed by atoms with van der Waals surface area (Å²) >= 11 is 0. The Labute approximate surface area is 160 Å². The van der Waals surface area contributed by atoms with E-state index in [2.05, 4.69) is 15.4 Å². The molecule has 0 saturated heterocycles. The first-order valence-corrected chi connectivity index (χ1v) is 8.24. The topological polar surface area (TPSA) is 85.9 Å². The van der Waals surface area contributed by atoms with Gasteiger partial charge in [-0.05, 0) is 24.3 Å². The van der Waals surface area contributed by atoms with E-state index in [9.17, 15) is 18.4 Å². The van der Waals surface area contributed by atoms with Crippen molar-refractivity contribution in [1.82, 2.24) is 10.6 Å². The van der Waals surface area contributed by atoms with Crippen molar-refractivity contribution >= 4 is 11.8 Å². The maximum absolute atomic E-state index is 12.3. The van der Waals surface area contributed by atoms with E-state index < -0.39 is 18.4 Å². The van der Waals surface area contributed by atoms with Gasteiger partial charge in [-0.2, -0.15) is 8.78 Å². The second-order valence-electron chi connectivity index (χ2n) is 5.52. The fourth-order valence-electron chi connectivity index (χ4n) is 2.37. The van der Waals surface area contributed by atoms with E-state index in [1.165, 1.54) is 32.4 Å². The number of benzene rings is 2. The molecule has 2 aromatic rings. The Morgan fingerprint density at radius 1 is 0.964 bits per heavy atom. The minimum absolute atomic E-state index is 0.0198. The van der Waals surface area contributed by atoms with Gasteiger partial charge in [-0.15, -0.1) is 0 Å². The van der Waals surface area contributed by atoms with Crippen molar-refractivity contribution in [2.24, 2.45) is 0 Å². The second kappa shape index (κ2) is 10.1. The molecule has 0 saturated carbocycles. The summed E-state index contributed by atoms with van der Waals surface area (Å²) in [7, 11) is 2.80. The van der Waals surface area contributed by atoms with Gasteiger partial charge in [0.05, 0.1) is 20.8 Å². The zero-order chi connectivity index (χ0) is 20.5. The minimum Gasteiger partial charge on any atom is -0.496 e. The van der Waals surface area contributed by atoms with E-state index in [1.807, 2.05) is 18.2 Å². The van der Waals surface area contributed by atoms with Crippen LogP contribution in [0.1, 0.15) is 15.9 Å². The average molecular weight is 394 g/mol. The standard InChI is InChI=1S/C19H20F2N2O5/c1-26-14-6-4-3-5-13(14)10-22-17(24)11-23-18(25)12-7-8-15(28-19(20)21)16(9-12)27-2/h3-9,19H,10-11H2,1-2H3,(H,22,24)(H,23,25). The molecule has 0 aliphatic carbocycles. The summed E-state index contributed by atoms with van der Waals surface area (Å²) in [5, 5.41) is 5.12. The molecule has 0 aliphatic rings. The molecule has 2 amide bonds. The molecule has 2 rings (SSSR count). The average Bonchev–Trinajstić information content (AvgIpc) is 2.70. The highest BCUT2D eigenvalue weighted by Crippen LogP contribution is 2.29. The van der Waals surface area contributed by atoms with E-state index in [-0.39, 0.29) is 30.2 Å². The third-order valence-corrected chi connectivity index (χ3v) is 3.72. The number of hydrogen-bond donors (Lipinski definition) is 2. The highest BCUT2D eigenvalue weighted by atomic mass is 19.3. The lowest BCUT2D eigenvalue weighted by atomic mass is 10.2. The third kappa shape index (κ3) is 5.83. The van der Waals surface area contributed by atoms with Crippen LogP contribution < -0.4 is 24.8 Å². The molecule has 2 N–H and O–H groups in total. The van der Waals surface area contributed by atoms with Crippen LogP contribution in [0.2, 0.25) is 0 Å². The van der Waals surface area contributed by atoms with Crippen molar-refractivity contribution in [3.8, 4) is 17.2 Å². The summed E-state index contributed by atoms with van der Waals surface area (Å²) in [6, 6.07) is 11.0. The number of halogens is 2. The normalized spacial score (nSPS) is 10.3. The van der Waals surface area contributed by atoms with Gasteiger partial charge in [0.15, 0.2) is 11.5 Å². The van der Waals surface area contributed by atoms with Crippen LogP contribution in [0.4, 0.5) is 8.78 Å². The Morgan fingerprint density at radius 2 is 1.68 bits per heavy atom. The summed E-state index contributed by atoms with van der Waals surface area (Å²) in [5.74, 6) is -0.527. The Hall–Kier alpha value is -3.36. The van der Waals surface area contributed by atoms with Gasteiger partial charge in [-0.3, -0.25) is 9.59 Å². The van der Waals surface area contributed by atoms with E-state index in [0.717, 1.165) is 5.56 Å². The first-order chi connectivity index (χ1) is 13.4. The summed E-state index contributed by atoms with van der Waals surface area (Å²) in [4.78, 5) is 24.1. The quantitative estimate of drug-likeness (QED) is 0.682. The molecule has 7 nitrogen and oxygen atoms in total. The third-order valence-electron chi connectivity index (χ3n) is 3.72. The summed E-state index contributed by atoms with van der Waals surface area (Å²) < 4.78 is 39.1. The molecule has 0 aromatic heterocycles. The van der Waals surface area contributed by atoms with Gasteiger partial charge in [0.2, 0.25) is 5.91 Å².